The van der Waals surface area contributed by atoms with Gasteiger partial charge in [-0.15, -0.1) is 0 Å². The Morgan fingerprint density at radius 2 is 2.39 bits per heavy atom. The van der Waals surface area contributed by atoms with Crippen LogP contribution in [0.1, 0.15) is 55.8 Å². The molecule has 2 rings (SSSR count). The van der Waals surface area contributed by atoms with Crippen LogP contribution in [-0.4, -0.2) is 22.3 Å². The van der Waals surface area contributed by atoms with Gasteiger partial charge in [0.05, 0.1) is 6.54 Å². The molecule has 1 aromatic heterocycles. The molecule has 1 fully saturated rings. The molecule has 0 radical (unpaired) electrons. The Bertz CT molecular complexity index is 426. The molecule has 1 unspecified atom stereocenters. The zero-order valence-electron chi connectivity index (χ0n) is 10.9. The molecule has 1 heterocycles. The number of nitrogens with zero attached hydrogens (tertiary/aromatic N) is 1. The molecule has 0 bridgehead atoms. The molecule has 100 valence electrons. The third kappa shape index (κ3) is 2.90. The fourth-order valence-electron chi connectivity index (χ4n) is 2.59. The van der Waals surface area contributed by atoms with Crippen LogP contribution in [0.2, 0.25) is 0 Å². The van der Waals surface area contributed by atoms with E-state index in [-0.39, 0.29) is 11.1 Å². The predicted octanol–water partition coefficient (Wildman–Crippen LogP) is 2.43. The van der Waals surface area contributed by atoms with E-state index in [2.05, 4.69) is 24.3 Å². The lowest BCUT2D eigenvalue weighted by molar-refractivity contribution is 0.0685. The maximum Gasteiger partial charge on any atom is 0.358 e. The van der Waals surface area contributed by atoms with Gasteiger partial charge in [-0.25, -0.2) is 4.79 Å². The van der Waals surface area contributed by atoms with Crippen LogP contribution in [0.5, 0.6) is 0 Å². The van der Waals surface area contributed by atoms with Crippen LogP contribution in [0.3, 0.4) is 0 Å². The molecule has 1 aliphatic rings. The number of carboxylic acids is 1. The van der Waals surface area contributed by atoms with Gasteiger partial charge in [0.2, 0.25) is 0 Å². The van der Waals surface area contributed by atoms with Crippen molar-refractivity contribution in [1.29, 1.82) is 0 Å². The molecule has 1 aliphatic carbocycles. The minimum Gasteiger partial charge on any atom is -0.476 e. The van der Waals surface area contributed by atoms with Crippen molar-refractivity contribution < 1.29 is 14.4 Å². The first-order valence-electron chi connectivity index (χ1n) is 6.41. The van der Waals surface area contributed by atoms with Crippen LogP contribution in [0, 0.1) is 5.41 Å². The summed E-state index contributed by atoms with van der Waals surface area (Å²) < 4.78 is 4.99. The Kier molecular flexibility index (Phi) is 3.71. The maximum atomic E-state index is 10.7. The van der Waals surface area contributed by atoms with Gasteiger partial charge in [0.15, 0.2) is 11.5 Å². The van der Waals surface area contributed by atoms with Crippen LogP contribution in [0.4, 0.5) is 0 Å². The van der Waals surface area contributed by atoms with Crippen molar-refractivity contribution in [1.82, 2.24) is 10.5 Å². The largest absolute Gasteiger partial charge is 0.476 e. The average Bonchev–Trinajstić information content (AvgIpc) is 2.76. The molecular weight excluding hydrogens is 232 g/mol. The zero-order valence-corrected chi connectivity index (χ0v) is 10.9. The molecule has 0 spiro atoms. The van der Waals surface area contributed by atoms with Crippen LogP contribution >= 0.6 is 0 Å². The predicted molar refractivity (Wildman–Crippen MR) is 66.3 cm³/mol. The van der Waals surface area contributed by atoms with Gasteiger partial charge < -0.3 is 14.9 Å². The molecule has 5 nitrogen and oxygen atoms in total. The Hall–Kier alpha value is -1.36. The first-order valence-corrected chi connectivity index (χ1v) is 6.41. The van der Waals surface area contributed by atoms with Crippen molar-refractivity contribution >= 4 is 5.97 Å². The van der Waals surface area contributed by atoms with Gasteiger partial charge >= 0.3 is 5.97 Å². The summed E-state index contributed by atoms with van der Waals surface area (Å²) >= 11 is 0. The third-order valence-electron chi connectivity index (χ3n) is 3.81. The first kappa shape index (κ1) is 13.1. The molecule has 18 heavy (non-hydrogen) atoms. The maximum absolute atomic E-state index is 10.7. The minimum atomic E-state index is -1.05. The van der Waals surface area contributed by atoms with Gasteiger partial charge in [-0.3, -0.25) is 0 Å². The number of rotatable bonds is 4. The molecule has 1 aromatic rings. The summed E-state index contributed by atoms with van der Waals surface area (Å²) in [6, 6.07) is 1.93. The molecule has 1 atom stereocenters. The van der Waals surface area contributed by atoms with Crippen molar-refractivity contribution in [3.8, 4) is 0 Å². The van der Waals surface area contributed by atoms with Crippen LogP contribution in [-0.2, 0) is 6.54 Å². The average molecular weight is 252 g/mol. The summed E-state index contributed by atoms with van der Waals surface area (Å²) in [6.07, 6.45) is 4.92. The fourth-order valence-corrected chi connectivity index (χ4v) is 2.59. The topological polar surface area (TPSA) is 75.4 Å². The van der Waals surface area contributed by atoms with Gasteiger partial charge in [-0.05, 0) is 18.3 Å². The van der Waals surface area contributed by atoms with E-state index < -0.39 is 5.97 Å². The molecule has 0 aliphatic heterocycles. The Labute approximate surface area is 107 Å². The monoisotopic (exact) mass is 252 g/mol. The van der Waals surface area contributed by atoms with E-state index in [0.717, 1.165) is 6.42 Å². The standard InChI is InChI=1S/C13H20N2O3/c1-13(2)6-4-3-5-11(13)14-8-9-7-10(12(16)17)15-18-9/h7,11,14H,3-6,8H2,1-2H3,(H,16,17). The van der Waals surface area contributed by atoms with E-state index in [1.54, 1.807) is 0 Å². The van der Waals surface area contributed by atoms with E-state index >= 15 is 0 Å². The Morgan fingerprint density at radius 1 is 1.61 bits per heavy atom. The fraction of sp³-hybridized carbons (Fsp3) is 0.692. The first-order chi connectivity index (χ1) is 8.49. The highest BCUT2D eigenvalue weighted by Gasteiger charge is 2.31. The smallest absolute Gasteiger partial charge is 0.358 e. The zero-order chi connectivity index (χ0) is 13.2. The van der Waals surface area contributed by atoms with Crippen molar-refractivity contribution in [2.75, 3.05) is 0 Å². The second-order valence-corrected chi connectivity index (χ2v) is 5.65. The highest BCUT2D eigenvalue weighted by atomic mass is 16.5. The van der Waals surface area contributed by atoms with Crippen LogP contribution in [0.15, 0.2) is 10.6 Å². The quantitative estimate of drug-likeness (QED) is 0.860. The minimum absolute atomic E-state index is 0.0327. The summed E-state index contributed by atoms with van der Waals surface area (Å²) in [5.74, 6) is -0.475. The highest BCUT2D eigenvalue weighted by molar-refractivity contribution is 5.85. The number of carbonyl (C=O) groups is 1. The van der Waals surface area contributed by atoms with Crippen molar-refractivity contribution in [3.63, 3.8) is 0 Å². The second-order valence-electron chi connectivity index (χ2n) is 5.65. The van der Waals surface area contributed by atoms with Gasteiger partial charge in [-0.1, -0.05) is 31.8 Å². The normalized spacial score (nSPS) is 22.9. The second kappa shape index (κ2) is 5.10. The summed E-state index contributed by atoms with van der Waals surface area (Å²) in [6.45, 7) is 5.08. The van der Waals surface area contributed by atoms with E-state index in [0.29, 0.717) is 18.3 Å². The van der Waals surface area contributed by atoms with E-state index in [1.165, 1.54) is 25.3 Å². The van der Waals surface area contributed by atoms with Gasteiger partial charge in [0, 0.05) is 12.1 Å². The van der Waals surface area contributed by atoms with Crippen LogP contribution < -0.4 is 5.32 Å². The lowest BCUT2D eigenvalue weighted by atomic mass is 9.73. The number of carboxylic acid groups (broad SMARTS) is 1. The van der Waals surface area contributed by atoms with Crippen molar-refractivity contribution in [2.45, 2.75) is 52.1 Å². The number of aromatic carboxylic acids is 1. The molecule has 0 amide bonds. The van der Waals surface area contributed by atoms with E-state index in [9.17, 15) is 4.79 Å². The lowest BCUT2D eigenvalue weighted by Crippen LogP contribution is -2.43. The highest BCUT2D eigenvalue weighted by Crippen LogP contribution is 2.35. The van der Waals surface area contributed by atoms with Crippen molar-refractivity contribution in [3.05, 3.63) is 17.5 Å². The SMILES string of the molecule is CC1(C)CCCCC1NCc1cc(C(=O)O)no1. The molecule has 5 heteroatoms. The molecule has 0 saturated heterocycles. The van der Waals surface area contributed by atoms with Gasteiger partial charge in [0.1, 0.15) is 0 Å². The molecule has 2 N–H and O–H groups in total. The van der Waals surface area contributed by atoms with Gasteiger partial charge in [-0.2, -0.15) is 0 Å². The van der Waals surface area contributed by atoms with E-state index in [1.807, 2.05) is 0 Å². The van der Waals surface area contributed by atoms with E-state index in [4.69, 9.17) is 9.63 Å². The van der Waals surface area contributed by atoms with Gasteiger partial charge in [0.25, 0.3) is 0 Å². The Morgan fingerprint density at radius 3 is 3.00 bits per heavy atom. The molecular formula is C13H20N2O3. The summed E-state index contributed by atoms with van der Waals surface area (Å²) in [7, 11) is 0. The summed E-state index contributed by atoms with van der Waals surface area (Å²) in [4.78, 5) is 10.7. The third-order valence-corrected chi connectivity index (χ3v) is 3.81. The molecule has 1 saturated carbocycles. The summed E-state index contributed by atoms with van der Waals surface area (Å²) in [5, 5.41) is 15.7. The number of aromatic nitrogens is 1. The van der Waals surface area contributed by atoms with Crippen molar-refractivity contribution in [2.24, 2.45) is 5.41 Å². The number of hydrogen-bond donors (Lipinski definition) is 2. The Balaban J connectivity index is 1.92. The number of nitrogens with one attached hydrogen (secondary N) is 1. The van der Waals surface area contributed by atoms with Crippen LogP contribution in [0.25, 0.3) is 0 Å². The molecule has 0 aromatic carbocycles. The lowest BCUT2D eigenvalue weighted by Gasteiger charge is -2.39. The summed E-state index contributed by atoms with van der Waals surface area (Å²) in [5.41, 5.74) is 0.253. The number of hydrogen-bond acceptors (Lipinski definition) is 4.